The molecule has 7 atom stereocenters. The van der Waals surface area contributed by atoms with Gasteiger partial charge in [-0.05, 0) is 97.6 Å². The normalized spacial score (nSPS) is 48.0. The molecule has 0 amide bonds. The molecule has 4 aliphatic carbocycles. The molecule has 1 heteroatoms. The van der Waals surface area contributed by atoms with Gasteiger partial charge in [-0.25, -0.2) is 0 Å². The number of benzene rings is 1. The van der Waals surface area contributed by atoms with Gasteiger partial charge in [0.1, 0.15) is 5.75 Å². The third-order valence-corrected chi connectivity index (χ3v) is 7.38. The number of phenols is 1. The average molecular weight is 268 g/mol. The Morgan fingerprint density at radius 1 is 0.950 bits per heavy atom. The van der Waals surface area contributed by atoms with Gasteiger partial charge in [-0.3, -0.25) is 0 Å². The molecule has 5 rings (SSSR count). The first kappa shape index (κ1) is 11.7. The fraction of sp³-hybridized carbons (Fsp3) is 0.684. The third kappa shape index (κ3) is 1.34. The highest BCUT2D eigenvalue weighted by atomic mass is 16.3. The van der Waals surface area contributed by atoms with E-state index in [2.05, 4.69) is 12.1 Å². The SMILES string of the molecule is Cc1cc(C2CC3CC2C2C4CCC(C4)C32)ccc1O. The van der Waals surface area contributed by atoms with Crippen molar-refractivity contribution in [3.63, 3.8) is 0 Å². The van der Waals surface area contributed by atoms with Gasteiger partial charge >= 0.3 is 0 Å². The summed E-state index contributed by atoms with van der Waals surface area (Å²) < 4.78 is 0. The summed E-state index contributed by atoms with van der Waals surface area (Å²) in [7, 11) is 0. The molecule has 1 nitrogen and oxygen atoms in total. The number of hydrogen-bond donors (Lipinski definition) is 1. The van der Waals surface area contributed by atoms with Gasteiger partial charge in [0, 0.05) is 0 Å². The molecule has 4 aliphatic rings. The fourth-order valence-electron chi connectivity index (χ4n) is 6.86. The molecule has 0 aromatic heterocycles. The molecule has 4 fully saturated rings. The number of aryl methyl sites for hydroxylation is 1. The van der Waals surface area contributed by atoms with Crippen molar-refractivity contribution >= 4 is 0 Å². The molecule has 0 spiro atoms. The predicted molar refractivity (Wildman–Crippen MR) is 79.6 cm³/mol. The van der Waals surface area contributed by atoms with Gasteiger partial charge < -0.3 is 5.11 Å². The van der Waals surface area contributed by atoms with E-state index in [-0.39, 0.29) is 0 Å². The highest BCUT2D eigenvalue weighted by molar-refractivity contribution is 5.38. The van der Waals surface area contributed by atoms with Crippen molar-refractivity contribution in [2.24, 2.45) is 35.5 Å². The summed E-state index contributed by atoms with van der Waals surface area (Å²) >= 11 is 0. The van der Waals surface area contributed by atoms with E-state index in [1.807, 2.05) is 13.0 Å². The number of phenolic OH excluding ortho intramolecular Hbond substituents is 1. The second-order valence-corrected chi connectivity index (χ2v) is 8.04. The van der Waals surface area contributed by atoms with Gasteiger partial charge in [0.2, 0.25) is 0 Å². The molecule has 7 unspecified atom stereocenters. The van der Waals surface area contributed by atoms with E-state index in [9.17, 15) is 5.11 Å². The van der Waals surface area contributed by atoms with E-state index < -0.39 is 0 Å². The Morgan fingerprint density at radius 3 is 2.55 bits per heavy atom. The van der Waals surface area contributed by atoms with Gasteiger partial charge in [0.25, 0.3) is 0 Å². The van der Waals surface area contributed by atoms with E-state index >= 15 is 0 Å². The van der Waals surface area contributed by atoms with Gasteiger partial charge in [0.05, 0.1) is 0 Å². The maximum atomic E-state index is 9.75. The zero-order chi connectivity index (χ0) is 13.4. The van der Waals surface area contributed by atoms with Crippen LogP contribution in [-0.2, 0) is 0 Å². The maximum absolute atomic E-state index is 9.75. The zero-order valence-electron chi connectivity index (χ0n) is 12.3. The lowest BCUT2D eigenvalue weighted by atomic mass is 9.66. The average Bonchev–Trinajstić information content (AvgIpc) is 3.19. The third-order valence-electron chi connectivity index (χ3n) is 7.38. The Bertz CT molecular complexity index is 563. The van der Waals surface area contributed by atoms with Gasteiger partial charge in [-0.2, -0.15) is 0 Å². The standard InChI is InChI=1S/C19H24O/c1-10-6-11(4-5-17(10)20)15-8-14-9-16(15)19-13-3-2-12(7-13)18(14)19/h4-6,12-16,18-20H,2-3,7-9H2,1H3. The van der Waals surface area contributed by atoms with Crippen molar-refractivity contribution < 1.29 is 5.11 Å². The topological polar surface area (TPSA) is 20.2 Å². The van der Waals surface area contributed by atoms with Crippen LogP contribution in [0.2, 0.25) is 0 Å². The van der Waals surface area contributed by atoms with Crippen LogP contribution in [0.1, 0.15) is 49.1 Å². The molecule has 106 valence electrons. The summed E-state index contributed by atoms with van der Waals surface area (Å²) in [5.74, 6) is 7.57. The number of hydrogen-bond acceptors (Lipinski definition) is 1. The summed E-state index contributed by atoms with van der Waals surface area (Å²) in [6.45, 7) is 2.03. The van der Waals surface area contributed by atoms with E-state index in [1.165, 1.54) is 31.2 Å². The van der Waals surface area contributed by atoms with Crippen molar-refractivity contribution in [2.45, 2.75) is 44.9 Å². The molecule has 1 N–H and O–H groups in total. The molecule has 1 aromatic carbocycles. The van der Waals surface area contributed by atoms with Crippen molar-refractivity contribution in [2.75, 3.05) is 0 Å². The van der Waals surface area contributed by atoms with Gasteiger partial charge in [-0.1, -0.05) is 12.1 Å². The smallest absolute Gasteiger partial charge is 0.118 e. The predicted octanol–water partition coefficient (Wildman–Crippen LogP) is 4.49. The van der Waals surface area contributed by atoms with Gasteiger partial charge in [-0.15, -0.1) is 0 Å². The van der Waals surface area contributed by atoms with Crippen molar-refractivity contribution in [3.8, 4) is 5.75 Å². The summed E-state index contributed by atoms with van der Waals surface area (Å²) in [5.41, 5.74) is 2.56. The van der Waals surface area contributed by atoms with E-state index in [0.29, 0.717) is 5.75 Å². The van der Waals surface area contributed by atoms with Crippen molar-refractivity contribution in [1.82, 2.24) is 0 Å². The molecule has 4 bridgehead atoms. The minimum Gasteiger partial charge on any atom is -0.508 e. The van der Waals surface area contributed by atoms with Crippen LogP contribution in [0.15, 0.2) is 18.2 Å². The highest BCUT2D eigenvalue weighted by Crippen LogP contribution is 2.70. The van der Waals surface area contributed by atoms with E-state index in [4.69, 9.17) is 0 Å². The second-order valence-electron chi connectivity index (χ2n) is 8.04. The van der Waals surface area contributed by atoms with Gasteiger partial charge in [0.15, 0.2) is 0 Å². The molecule has 0 radical (unpaired) electrons. The first-order chi connectivity index (χ1) is 9.72. The maximum Gasteiger partial charge on any atom is 0.118 e. The van der Waals surface area contributed by atoms with Crippen LogP contribution in [-0.4, -0.2) is 5.11 Å². The summed E-state index contributed by atoms with van der Waals surface area (Å²) in [5, 5.41) is 9.75. The first-order valence-electron chi connectivity index (χ1n) is 8.52. The number of fused-ring (bicyclic) bond motifs is 9. The first-order valence-corrected chi connectivity index (χ1v) is 8.52. The summed E-state index contributed by atoms with van der Waals surface area (Å²) in [4.78, 5) is 0. The van der Waals surface area contributed by atoms with Crippen molar-refractivity contribution in [3.05, 3.63) is 29.3 Å². The Balaban J connectivity index is 1.49. The molecule has 1 aromatic rings. The summed E-state index contributed by atoms with van der Waals surface area (Å²) in [6, 6.07) is 6.35. The van der Waals surface area contributed by atoms with Crippen LogP contribution in [0.3, 0.4) is 0 Å². The van der Waals surface area contributed by atoms with Crippen molar-refractivity contribution in [1.29, 1.82) is 0 Å². The monoisotopic (exact) mass is 268 g/mol. The molecule has 0 heterocycles. The van der Waals surface area contributed by atoms with E-state index in [1.54, 1.807) is 6.42 Å². The lowest BCUT2D eigenvalue weighted by Crippen LogP contribution is -2.31. The Kier molecular flexibility index (Phi) is 2.22. The molecule has 20 heavy (non-hydrogen) atoms. The highest BCUT2D eigenvalue weighted by Gasteiger charge is 2.62. The lowest BCUT2D eigenvalue weighted by Gasteiger charge is -2.39. The fourth-order valence-corrected chi connectivity index (χ4v) is 6.86. The van der Waals surface area contributed by atoms with Crippen LogP contribution < -0.4 is 0 Å². The second kappa shape index (κ2) is 3.81. The molecular formula is C19H24O. The van der Waals surface area contributed by atoms with Crippen LogP contribution >= 0.6 is 0 Å². The molecule has 0 aliphatic heterocycles. The number of aromatic hydroxyl groups is 1. The van der Waals surface area contributed by atoms with Crippen LogP contribution in [0.4, 0.5) is 0 Å². The number of rotatable bonds is 1. The molecule has 0 saturated heterocycles. The molecule has 4 saturated carbocycles. The Hall–Kier alpha value is -0.980. The minimum atomic E-state index is 0.453. The molecular weight excluding hydrogens is 244 g/mol. The minimum absolute atomic E-state index is 0.453. The Labute approximate surface area is 121 Å². The van der Waals surface area contributed by atoms with E-state index in [0.717, 1.165) is 47.0 Å². The van der Waals surface area contributed by atoms with Crippen LogP contribution in [0.25, 0.3) is 0 Å². The largest absolute Gasteiger partial charge is 0.508 e. The zero-order valence-corrected chi connectivity index (χ0v) is 12.3. The van der Waals surface area contributed by atoms with Crippen LogP contribution in [0, 0.1) is 42.4 Å². The lowest BCUT2D eigenvalue weighted by molar-refractivity contribution is 0.131. The summed E-state index contributed by atoms with van der Waals surface area (Å²) in [6.07, 6.45) is 7.56. The quantitative estimate of drug-likeness (QED) is 0.744. The van der Waals surface area contributed by atoms with Crippen LogP contribution in [0.5, 0.6) is 5.75 Å². The Morgan fingerprint density at radius 2 is 1.75 bits per heavy atom.